The molecule has 1 atom stereocenters. The van der Waals surface area contributed by atoms with E-state index in [1.165, 1.54) is 17.2 Å². The molecule has 1 amide bonds. The number of nitrogens with one attached hydrogen (secondary N) is 2. The Balaban J connectivity index is 1.27. The van der Waals surface area contributed by atoms with Crippen LogP contribution in [0.3, 0.4) is 0 Å². The molecule has 0 bridgehead atoms. The zero-order valence-corrected chi connectivity index (χ0v) is 21.3. The van der Waals surface area contributed by atoms with Gasteiger partial charge in [0.2, 0.25) is 5.89 Å². The Kier molecular flexibility index (Phi) is 7.92. The van der Waals surface area contributed by atoms with E-state index in [9.17, 15) is 4.79 Å². The number of aromatic amines is 1. The first kappa shape index (κ1) is 24.8. The molecule has 0 aliphatic carbocycles. The van der Waals surface area contributed by atoms with Crippen LogP contribution in [0.4, 0.5) is 0 Å². The molecule has 9 heteroatoms. The molecule has 1 unspecified atom stereocenters. The molecule has 0 radical (unpaired) electrons. The number of nitrogens with zero attached hydrogens (tertiary/aromatic N) is 2. The van der Waals surface area contributed by atoms with E-state index in [1.54, 1.807) is 6.07 Å². The van der Waals surface area contributed by atoms with Gasteiger partial charge in [-0.2, -0.15) is 0 Å². The summed E-state index contributed by atoms with van der Waals surface area (Å²) in [5.74, 6) is 0.228. The van der Waals surface area contributed by atoms with Gasteiger partial charge in [-0.05, 0) is 48.6 Å². The number of aromatic nitrogens is 2. The van der Waals surface area contributed by atoms with Crippen LogP contribution in [0.1, 0.15) is 40.3 Å². The molecular formula is C27H28Cl2N4O3. The van der Waals surface area contributed by atoms with Crippen LogP contribution < -0.4 is 5.32 Å². The van der Waals surface area contributed by atoms with Gasteiger partial charge in [0, 0.05) is 43.3 Å². The van der Waals surface area contributed by atoms with Gasteiger partial charge >= 0.3 is 0 Å². The first-order valence-corrected chi connectivity index (χ1v) is 12.9. The lowest BCUT2D eigenvalue weighted by molar-refractivity contribution is 0.0853. The fraction of sp³-hybridized carbons (Fsp3) is 0.333. The fourth-order valence-corrected chi connectivity index (χ4v) is 4.83. The van der Waals surface area contributed by atoms with Gasteiger partial charge in [-0.15, -0.1) is 0 Å². The molecule has 5 rings (SSSR count). The lowest BCUT2D eigenvalue weighted by Gasteiger charge is -2.21. The van der Waals surface area contributed by atoms with Crippen molar-refractivity contribution in [1.29, 1.82) is 0 Å². The Bertz CT molecular complexity index is 1330. The highest BCUT2D eigenvalue weighted by molar-refractivity contribution is 6.42. The number of ether oxygens (including phenoxy) is 1. The average Bonchev–Trinajstić information content (AvgIpc) is 3.65. The number of carbonyl (C=O) groups excluding carboxylic acids is 1. The lowest BCUT2D eigenvalue weighted by Crippen LogP contribution is -2.32. The van der Waals surface area contributed by atoms with E-state index >= 15 is 0 Å². The number of amides is 1. The van der Waals surface area contributed by atoms with Crippen molar-refractivity contribution in [3.05, 3.63) is 87.7 Å². The zero-order chi connectivity index (χ0) is 24.9. The number of fused-ring (bicyclic) bond motifs is 1. The maximum atomic E-state index is 12.5. The summed E-state index contributed by atoms with van der Waals surface area (Å²) in [6.07, 6.45) is 6.38. The largest absolute Gasteiger partial charge is 0.447 e. The van der Waals surface area contributed by atoms with Gasteiger partial charge in [0.15, 0.2) is 5.69 Å². The van der Waals surface area contributed by atoms with Crippen molar-refractivity contribution in [3.63, 3.8) is 0 Å². The smallest absolute Gasteiger partial charge is 0.273 e. The summed E-state index contributed by atoms with van der Waals surface area (Å²) in [5, 5.41) is 5.15. The zero-order valence-electron chi connectivity index (χ0n) is 19.8. The van der Waals surface area contributed by atoms with E-state index in [-0.39, 0.29) is 17.7 Å². The third-order valence-corrected chi connectivity index (χ3v) is 7.16. The van der Waals surface area contributed by atoms with Gasteiger partial charge in [-0.25, -0.2) is 4.98 Å². The van der Waals surface area contributed by atoms with Crippen LogP contribution >= 0.6 is 23.2 Å². The molecule has 0 spiro atoms. The van der Waals surface area contributed by atoms with Gasteiger partial charge in [0.1, 0.15) is 6.26 Å². The number of hydrogen-bond donors (Lipinski definition) is 2. The van der Waals surface area contributed by atoms with Crippen molar-refractivity contribution in [3.8, 4) is 0 Å². The topological polar surface area (TPSA) is 83.4 Å². The normalized spacial score (nSPS) is 15.7. The van der Waals surface area contributed by atoms with Gasteiger partial charge in [0.25, 0.3) is 5.91 Å². The first-order chi connectivity index (χ1) is 17.5. The average molecular weight is 527 g/mol. The highest BCUT2D eigenvalue weighted by atomic mass is 35.5. The molecule has 1 saturated heterocycles. The van der Waals surface area contributed by atoms with Crippen molar-refractivity contribution in [2.45, 2.75) is 38.5 Å². The van der Waals surface area contributed by atoms with Gasteiger partial charge in [-0.3, -0.25) is 9.69 Å². The Morgan fingerprint density at radius 1 is 1.17 bits per heavy atom. The molecule has 7 nitrogen and oxygen atoms in total. The van der Waals surface area contributed by atoms with Gasteiger partial charge in [-0.1, -0.05) is 47.5 Å². The Labute approximate surface area is 219 Å². The predicted octanol–water partition coefficient (Wildman–Crippen LogP) is 5.62. The maximum absolute atomic E-state index is 12.5. The number of benzene rings is 2. The van der Waals surface area contributed by atoms with Crippen LogP contribution in [0.5, 0.6) is 0 Å². The first-order valence-electron chi connectivity index (χ1n) is 12.1. The number of halogens is 2. The van der Waals surface area contributed by atoms with Crippen LogP contribution in [0.25, 0.3) is 10.9 Å². The summed E-state index contributed by atoms with van der Waals surface area (Å²) in [5.41, 5.74) is 3.67. The summed E-state index contributed by atoms with van der Waals surface area (Å²) < 4.78 is 11.2. The summed E-state index contributed by atoms with van der Waals surface area (Å²) in [6, 6.07) is 13.9. The van der Waals surface area contributed by atoms with E-state index in [0.29, 0.717) is 35.6 Å². The highest BCUT2D eigenvalue weighted by Crippen LogP contribution is 2.24. The molecular weight excluding hydrogens is 499 g/mol. The number of hydrogen-bond acceptors (Lipinski definition) is 5. The van der Waals surface area contributed by atoms with Crippen LogP contribution in [-0.4, -0.2) is 46.6 Å². The second-order valence-electron chi connectivity index (χ2n) is 9.04. The minimum atomic E-state index is -0.254. The monoisotopic (exact) mass is 526 g/mol. The van der Waals surface area contributed by atoms with Crippen LogP contribution in [0.15, 0.2) is 59.3 Å². The Morgan fingerprint density at radius 2 is 2.06 bits per heavy atom. The van der Waals surface area contributed by atoms with Crippen molar-refractivity contribution in [1.82, 2.24) is 20.2 Å². The van der Waals surface area contributed by atoms with E-state index in [4.69, 9.17) is 32.4 Å². The summed E-state index contributed by atoms with van der Waals surface area (Å²) >= 11 is 12.4. The molecule has 3 heterocycles. The molecule has 0 saturated carbocycles. The van der Waals surface area contributed by atoms with E-state index in [2.05, 4.69) is 38.5 Å². The molecule has 1 fully saturated rings. The van der Waals surface area contributed by atoms with Crippen molar-refractivity contribution in [2.24, 2.45) is 0 Å². The second kappa shape index (κ2) is 11.5. The van der Waals surface area contributed by atoms with Gasteiger partial charge < -0.3 is 19.5 Å². The van der Waals surface area contributed by atoms with Crippen molar-refractivity contribution in [2.75, 3.05) is 19.7 Å². The standard InChI is InChI=1S/C27H28Cl2N4O3/c28-22-8-7-18(12-23(22)29)15-33(10-9-19-13-30-24-6-2-1-5-21(19)24)16-26-32-25(17-36-26)27(34)31-14-20-4-3-11-35-20/h1-2,5-8,12-13,17,20,30H,3-4,9-11,14-16H2,(H,31,34). The molecule has 36 heavy (non-hydrogen) atoms. The minimum Gasteiger partial charge on any atom is -0.447 e. The number of rotatable bonds is 10. The van der Waals surface area contributed by atoms with Crippen LogP contribution in [0, 0.1) is 0 Å². The fourth-order valence-electron chi connectivity index (χ4n) is 4.51. The molecule has 4 aromatic rings. The number of oxazole rings is 1. The van der Waals surface area contributed by atoms with E-state index in [1.807, 2.05) is 24.3 Å². The summed E-state index contributed by atoms with van der Waals surface area (Å²) in [4.78, 5) is 22.5. The molecule has 2 aromatic carbocycles. The third-order valence-electron chi connectivity index (χ3n) is 6.42. The molecule has 1 aliphatic heterocycles. The molecule has 188 valence electrons. The number of H-pyrrole nitrogens is 1. The van der Waals surface area contributed by atoms with Crippen LogP contribution in [0.2, 0.25) is 10.0 Å². The number of carbonyl (C=O) groups is 1. The molecule has 2 N–H and O–H groups in total. The lowest BCUT2D eigenvalue weighted by atomic mass is 10.1. The van der Waals surface area contributed by atoms with Crippen molar-refractivity contribution >= 4 is 40.0 Å². The van der Waals surface area contributed by atoms with Crippen molar-refractivity contribution < 1.29 is 13.9 Å². The highest BCUT2D eigenvalue weighted by Gasteiger charge is 2.19. The molecule has 2 aromatic heterocycles. The Hall–Kier alpha value is -2.84. The maximum Gasteiger partial charge on any atom is 0.273 e. The number of para-hydroxylation sites is 1. The molecule has 1 aliphatic rings. The summed E-state index contributed by atoms with van der Waals surface area (Å²) in [7, 11) is 0. The summed E-state index contributed by atoms with van der Waals surface area (Å²) in [6.45, 7) is 3.06. The Morgan fingerprint density at radius 3 is 2.89 bits per heavy atom. The van der Waals surface area contributed by atoms with E-state index < -0.39 is 0 Å². The minimum absolute atomic E-state index is 0.0755. The third kappa shape index (κ3) is 6.10. The van der Waals surface area contributed by atoms with E-state index in [0.717, 1.165) is 43.5 Å². The SMILES string of the molecule is O=C(NCC1CCCO1)c1coc(CN(CCc2c[nH]c3ccccc23)Cc2ccc(Cl)c(Cl)c2)n1. The predicted molar refractivity (Wildman–Crippen MR) is 140 cm³/mol. The van der Waals surface area contributed by atoms with Crippen LogP contribution in [-0.2, 0) is 24.2 Å². The second-order valence-corrected chi connectivity index (χ2v) is 9.85. The quantitative estimate of drug-likeness (QED) is 0.280. The van der Waals surface area contributed by atoms with Gasteiger partial charge in [0.05, 0.1) is 22.7 Å².